The maximum absolute atomic E-state index is 4.95. The van der Waals surface area contributed by atoms with Gasteiger partial charge in [0.2, 0.25) is 0 Å². The van der Waals surface area contributed by atoms with E-state index < -0.39 is 0 Å². The van der Waals surface area contributed by atoms with Crippen molar-refractivity contribution in [3.8, 4) is 11.1 Å². The molecule has 0 saturated carbocycles. The summed E-state index contributed by atoms with van der Waals surface area (Å²) in [6, 6.07) is 22.8. The first kappa shape index (κ1) is 29.1. The van der Waals surface area contributed by atoms with Crippen LogP contribution in [-0.4, -0.2) is 0 Å². The maximum atomic E-state index is 4.95. The summed E-state index contributed by atoms with van der Waals surface area (Å²) in [6.45, 7) is 4.56. The van der Waals surface area contributed by atoms with E-state index in [-0.39, 0.29) is 0 Å². The molecule has 0 fully saturated rings. The third kappa shape index (κ3) is 7.60. The molecule has 0 nitrogen and oxygen atoms in total. The zero-order chi connectivity index (χ0) is 26.7. The van der Waals surface area contributed by atoms with Crippen LogP contribution in [0.15, 0.2) is 70.5 Å². The van der Waals surface area contributed by atoms with E-state index in [0.717, 1.165) is 22.6 Å². The molecule has 0 aliphatic heterocycles. The second-order valence-electron chi connectivity index (χ2n) is 11.1. The van der Waals surface area contributed by atoms with E-state index in [9.17, 15) is 0 Å². The van der Waals surface area contributed by atoms with Crippen LogP contribution in [0.4, 0.5) is 0 Å². The standard InChI is InChI=1S/C36H46S2/c1-3-5-7-9-11-13-15-27-17-21-31-29(25-27)19-23-33(37)35(31)36-32-22-18-28(16-14-12-10-8-6-4-2)26-30(32)20-24-34(36)38/h17-26,37-38H,3-16H2,1-2H3. The highest BCUT2D eigenvalue weighted by molar-refractivity contribution is 7.80. The molecule has 0 amide bonds. The van der Waals surface area contributed by atoms with Crippen LogP contribution in [0.25, 0.3) is 32.7 Å². The summed E-state index contributed by atoms with van der Waals surface area (Å²) in [7, 11) is 0. The number of thiol groups is 2. The minimum atomic E-state index is 1.01. The molecule has 202 valence electrons. The van der Waals surface area contributed by atoms with E-state index in [4.69, 9.17) is 25.3 Å². The van der Waals surface area contributed by atoms with Crippen LogP contribution in [0.5, 0.6) is 0 Å². The topological polar surface area (TPSA) is 0 Å². The molecule has 0 aromatic heterocycles. The molecule has 0 bridgehead atoms. The highest BCUT2D eigenvalue weighted by Crippen LogP contribution is 2.42. The molecule has 4 aromatic rings. The summed E-state index contributed by atoms with van der Waals surface area (Å²) < 4.78 is 0. The van der Waals surface area contributed by atoms with Gasteiger partial charge in [-0.15, -0.1) is 25.3 Å². The van der Waals surface area contributed by atoms with Gasteiger partial charge in [-0.3, -0.25) is 0 Å². The Bertz CT molecular complexity index is 1220. The Kier molecular flexibility index (Phi) is 11.5. The minimum absolute atomic E-state index is 1.01. The lowest BCUT2D eigenvalue weighted by atomic mass is 9.91. The van der Waals surface area contributed by atoms with Gasteiger partial charge in [0.25, 0.3) is 0 Å². The van der Waals surface area contributed by atoms with E-state index >= 15 is 0 Å². The summed E-state index contributed by atoms with van der Waals surface area (Å²) >= 11 is 9.90. The molecule has 0 atom stereocenters. The van der Waals surface area contributed by atoms with Gasteiger partial charge in [-0.2, -0.15) is 0 Å². The molecule has 0 saturated heterocycles. The molecule has 0 unspecified atom stereocenters. The van der Waals surface area contributed by atoms with Gasteiger partial charge in [-0.05, 0) is 70.5 Å². The Morgan fingerprint density at radius 3 is 1.26 bits per heavy atom. The number of rotatable bonds is 15. The van der Waals surface area contributed by atoms with Crippen LogP contribution in [-0.2, 0) is 12.8 Å². The molecule has 0 N–H and O–H groups in total. The molecule has 0 heterocycles. The summed E-state index contributed by atoms with van der Waals surface area (Å²) in [4.78, 5) is 2.03. The lowest BCUT2D eigenvalue weighted by Crippen LogP contribution is -1.92. The fourth-order valence-corrected chi connectivity index (χ4v) is 6.40. The van der Waals surface area contributed by atoms with Crippen molar-refractivity contribution in [1.29, 1.82) is 0 Å². The van der Waals surface area contributed by atoms with Gasteiger partial charge in [0.05, 0.1) is 0 Å². The van der Waals surface area contributed by atoms with Crippen molar-refractivity contribution in [2.24, 2.45) is 0 Å². The molecule has 4 aromatic carbocycles. The lowest BCUT2D eigenvalue weighted by molar-refractivity contribution is 0.607. The van der Waals surface area contributed by atoms with E-state index in [0.29, 0.717) is 0 Å². The number of benzene rings is 4. The fraction of sp³-hybridized carbons (Fsp3) is 0.444. The molecule has 0 aliphatic rings. The van der Waals surface area contributed by atoms with Gasteiger partial charge in [0.15, 0.2) is 0 Å². The van der Waals surface area contributed by atoms with Gasteiger partial charge < -0.3 is 0 Å². The first-order chi connectivity index (χ1) is 18.6. The largest absolute Gasteiger partial charge is 0.143 e. The first-order valence-electron chi connectivity index (χ1n) is 15.1. The van der Waals surface area contributed by atoms with Crippen LogP contribution < -0.4 is 0 Å². The van der Waals surface area contributed by atoms with Crippen molar-refractivity contribution in [3.05, 3.63) is 71.8 Å². The SMILES string of the molecule is CCCCCCCCc1ccc2c(-c3c(S)ccc4cc(CCCCCCCC)ccc34)c(S)ccc2c1. The van der Waals surface area contributed by atoms with Crippen LogP contribution >= 0.6 is 25.3 Å². The Hall–Kier alpha value is -1.90. The molecular weight excluding hydrogens is 497 g/mol. The molecule has 38 heavy (non-hydrogen) atoms. The van der Waals surface area contributed by atoms with Gasteiger partial charge in [0.1, 0.15) is 0 Å². The number of hydrogen-bond acceptors (Lipinski definition) is 2. The monoisotopic (exact) mass is 542 g/mol. The van der Waals surface area contributed by atoms with Gasteiger partial charge in [-0.1, -0.05) is 127 Å². The second-order valence-corrected chi connectivity index (χ2v) is 12.0. The average Bonchev–Trinajstić information content (AvgIpc) is 2.93. The van der Waals surface area contributed by atoms with E-state index in [2.05, 4.69) is 74.5 Å². The zero-order valence-corrected chi connectivity index (χ0v) is 25.4. The predicted molar refractivity (Wildman–Crippen MR) is 176 cm³/mol. The Morgan fingerprint density at radius 2 is 0.842 bits per heavy atom. The zero-order valence-electron chi connectivity index (χ0n) is 23.6. The maximum Gasteiger partial charge on any atom is 0.0126 e. The summed E-state index contributed by atoms with van der Waals surface area (Å²) in [5.74, 6) is 0. The normalized spacial score (nSPS) is 11.6. The van der Waals surface area contributed by atoms with Crippen LogP contribution in [0.2, 0.25) is 0 Å². The first-order valence-corrected chi connectivity index (χ1v) is 16.0. The van der Waals surface area contributed by atoms with Gasteiger partial charge in [0, 0.05) is 20.9 Å². The molecule has 2 heteroatoms. The summed E-state index contributed by atoms with van der Waals surface area (Å²) in [5, 5.41) is 5.13. The summed E-state index contributed by atoms with van der Waals surface area (Å²) in [6.07, 6.45) is 18.4. The van der Waals surface area contributed by atoms with Crippen LogP contribution in [0, 0.1) is 0 Å². The highest BCUT2D eigenvalue weighted by atomic mass is 32.1. The Balaban J connectivity index is 1.57. The molecule has 0 spiro atoms. The second kappa shape index (κ2) is 15.0. The van der Waals surface area contributed by atoms with E-state index in [1.54, 1.807) is 0 Å². The third-order valence-electron chi connectivity index (χ3n) is 8.01. The number of hydrogen-bond donors (Lipinski definition) is 2. The summed E-state index contributed by atoms with van der Waals surface area (Å²) in [5.41, 5.74) is 5.29. The molecule has 0 radical (unpaired) electrons. The van der Waals surface area contributed by atoms with Crippen molar-refractivity contribution in [1.82, 2.24) is 0 Å². The number of aryl methyl sites for hydroxylation is 2. The van der Waals surface area contributed by atoms with Crippen molar-refractivity contribution in [2.45, 2.75) is 114 Å². The van der Waals surface area contributed by atoms with Crippen LogP contribution in [0.1, 0.15) is 102 Å². The minimum Gasteiger partial charge on any atom is -0.143 e. The Labute approximate surface area is 242 Å². The van der Waals surface area contributed by atoms with Crippen molar-refractivity contribution in [3.63, 3.8) is 0 Å². The van der Waals surface area contributed by atoms with Crippen molar-refractivity contribution in [2.75, 3.05) is 0 Å². The molecule has 0 aliphatic carbocycles. The highest BCUT2D eigenvalue weighted by Gasteiger charge is 2.15. The van der Waals surface area contributed by atoms with Gasteiger partial charge in [-0.25, -0.2) is 0 Å². The molecule has 4 rings (SSSR count). The van der Waals surface area contributed by atoms with Crippen molar-refractivity contribution < 1.29 is 0 Å². The quantitative estimate of drug-likeness (QED) is 0.108. The molecular formula is C36H46S2. The van der Waals surface area contributed by atoms with E-state index in [1.165, 1.54) is 121 Å². The van der Waals surface area contributed by atoms with E-state index in [1.807, 2.05) is 0 Å². The average molecular weight is 543 g/mol. The van der Waals surface area contributed by atoms with Crippen molar-refractivity contribution >= 4 is 46.8 Å². The number of fused-ring (bicyclic) bond motifs is 2. The third-order valence-corrected chi connectivity index (χ3v) is 8.76. The number of unbranched alkanes of at least 4 members (excludes halogenated alkanes) is 10. The Morgan fingerprint density at radius 1 is 0.447 bits per heavy atom. The lowest BCUT2D eigenvalue weighted by Gasteiger charge is -2.16. The van der Waals surface area contributed by atoms with Gasteiger partial charge >= 0.3 is 0 Å². The fourth-order valence-electron chi connectivity index (χ4n) is 5.79. The predicted octanol–water partition coefficient (Wildman–Crippen LogP) is 12.0. The van der Waals surface area contributed by atoms with Crippen LogP contribution in [0.3, 0.4) is 0 Å². The smallest absolute Gasteiger partial charge is 0.0126 e.